The summed E-state index contributed by atoms with van der Waals surface area (Å²) in [6, 6.07) is 6.87. The molecule has 0 fully saturated rings. The van der Waals surface area contributed by atoms with Crippen LogP contribution in [0.4, 0.5) is 13.2 Å². The largest absolute Gasteiger partial charge is 0.495 e. The summed E-state index contributed by atoms with van der Waals surface area (Å²) in [5.41, 5.74) is 0.325. The standard InChI is InChI=1S/C24H22ClF3N2O5/c1-12(23(33)34)11-29-21(31)9-16-13(2)30(19-10-18(25)20(35-3)8-17(16)19)22(32)14-4-6-15(7-5-14)24(26,27)28/h4-8,10,12H,9,11H2,1-3H3,(H,29,31)(H,33,34). The Bertz CT molecular complexity index is 1300. The second kappa shape index (κ2) is 9.99. The maximum atomic E-state index is 13.3. The second-order valence-corrected chi connectivity index (χ2v) is 8.41. The first-order chi connectivity index (χ1) is 16.3. The van der Waals surface area contributed by atoms with Crippen molar-refractivity contribution in [1.82, 2.24) is 9.88 Å². The summed E-state index contributed by atoms with van der Waals surface area (Å²) in [5, 5.41) is 12.3. The number of aromatic nitrogens is 1. The smallest absolute Gasteiger partial charge is 0.416 e. The van der Waals surface area contributed by atoms with Crippen molar-refractivity contribution in [3.8, 4) is 5.75 Å². The van der Waals surface area contributed by atoms with E-state index >= 15 is 0 Å². The highest BCUT2D eigenvalue weighted by Crippen LogP contribution is 2.36. The zero-order valence-corrected chi connectivity index (χ0v) is 19.8. The van der Waals surface area contributed by atoms with E-state index in [9.17, 15) is 27.6 Å². The van der Waals surface area contributed by atoms with E-state index in [-0.39, 0.29) is 23.6 Å². The van der Waals surface area contributed by atoms with Crippen LogP contribution >= 0.6 is 11.6 Å². The van der Waals surface area contributed by atoms with Crippen LogP contribution in [0.2, 0.25) is 5.02 Å². The number of carbonyl (C=O) groups excluding carboxylic acids is 2. The van der Waals surface area contributed by atoms with Gasteiger partial charge in [-0.1, -0.05) is 18.5 Å². The summed E-state index contributed by atoms with van der Waals surface area (Å²) in [6.07, 6.45) is -4.72. The van der Waals surface area contributed by atoms with Gasteiger partial charge in [0, 0.05) is 23.2 Å². The first kappa shape index (κ1) is 26.1. The van der Waals surface area contributed by atoms with Crippen LogP contribution in [0.1, 0.15) is 34.1 Å². The fourth-order valence-corrected chi connectivity index (χ4v) is 3.86. The van der Waals surface area contributed by atoms with Crippen LogP contribution in [0.15, 0.2) is 36.4 Å². The van der Waals surface area contributed by atoms with Gasteiger partial charge in [-0.05, 0) is 48.9 Å². The molecule has 2 N–H and O–H groups in total. The predicted molar refractivity (Wildman–Crippen MR) is 123 cm³/mol. The number of ether oxygens (including phenoxy) is 1. The van der Waals surface area contributed by atoms with E-state index < -0.39 is 35.4 Å². The first-order valence-corrected chi connectivity index (χ1v) is 10.8. The number of carboxylic acids is 1. The fraction of sp³-hybridized carbons (Fsp3) is 0.292. The van der Waals surface area contributed by atoms with Gasteiger partial charge in [-0.3, -0.25) is 19.0 Å². The summed E-state index contributed by atoms with van der Waals surface area (Å²) >= 11 is 6.27. The highest BCUT2D eigenvalue weighted by atomic mass is 35.5. The number of rotatable bonds is 7. The van der Waals surface area contributed by atoms with E-state index in [0.29, 0.717) is 27.9 Å². The van der Waals surface area contributed by atoms with E-state index in [1.165, 1.54) is 24.7 Å². The molecule has 2 aromatic carbocycles. The quantitative estimate of drug-likeness (QED) is 0.480. The van der Waals surface area contributed by atoms with E-state index in [1.54, 1.807) is 13.0 Å². The van der Waals surface area contributed by atoms with Gasteiger partial charge >= 0.3 is 12.1 Å². The van der Waals surface area contributed by atoms with Crippen molar-refractivity contribution in [3.05, 3.63) is 63.8 Å². The molecule has 1 amide bonds. The Balaban J connectivity index is 2.06. The van der Waals surface area contributed by atoms with Crippen molar-refractivity contribution >= 4 is 40.3 Å². The maximum absolute atomic E-state index is 13.3. The Morgan fingerprint density at radius 1 is 1.17 bits per heavy atom. The van der Waals surface area contributed by atoms with Crippen LogP contribution in [0, 0.1) is 12.8 Å². The molecule has 11 heteroatoms. The van der Waals surface area contributed by atoms with Crippen LogP contribution in [0.5, 0.6) is 5.75 Å². The third kappa shape index (κ3) is 5.43. The number of aliphatic carboxylic acids is 1. The van der Waals surface area contributed by atoms with Crippen molar-refractivity contribution in [3.63, 3.8) is 0 Å². The number of nitrogens with one attached hydrogen (secondary N) is 1. The molecule has 1 atom stereocenters. The van der Waals surface area contributed by atoms with Gasteiger partial charge in [0.25, 0.3) is 5.91 Å². The van der Waals surface area contributed by atoms with Gasteiger partial charge < -0.3 is 15.2 Å². The molecule has 0 saturated heterocycles. The van der Waals surface area contributed by atoms with Crippen LogP contribution in [-0.4, -0.2) is 41.1 Å². The predicted octanol–water partition coefficient (Wildman–Crippen LogP) is 4.70. The number of methoxy groups -OCH3 is 1. The summed E-state index contributed by atoms with van der Waals surface area (Å²) in [5.74, 6) is -2.61. The second-order valence-electron chi connectivity index (χ2n) is 8.00. The normalized spacial score (nSPS) is 12.4. The molecule has 0 saturated carbocycles. The van der Waals surface area contributed by atoms with Crippen LogP contribution in [0.25, 0.3) is 10.9 Å². The number of carboxylic acid groups (broad SMARTS) is 1. The molecule has 0 spiro atoms. The molecule has 1 unspecified atom stereocenters. The van der Waals surface area contributed by atoms with Gasteiger partial charge in [0.15, 0.2) is 0 Å². The summed E-state index contributed by atoms with van der Waals surface area (Å²) in [7, 11) is 1.41. The van der Waals surface area contributed by atoms with Gasteiger partial charge in [0.05, 0.1) is 35.6 Å². The number of nitrogens with zero attached hydrogens (tertiary/aromatic N) is 1. The molecule has 3 rings (SSSR count). The maximum Gasteiger partial charge on any atom is 0.416 e. The minimum absolute atomic E-state index is 0.0104. The van der Waals surface area contributed by atoms with Crippen molar-refractivity contribution in [2.24, 2.45) is 5.92 Å². The summed E-state index contributed by atoms with van der Waals surface area (Å²) < 4.78 is 45.3. The molecule has 1 aromatic heterocycles. The van der Waals surface area contributed by atoms with Crippen molar-refractivity contribution in [2.45, 2.75) is 26.4 Å². The molecule has 3 aromatic rings. The molecular weight excluding hydrogens is 489 g/mol. The first-order valence-electron chi connectivity index (χ1n) is 10.4. The number of hydrogen-bond donors (Lipinski definition) is 2. The lowest BCUT2D eigenvalue weighted by Crippen LogP contribution is -2.32. The molecule has 7 nitrogen and oxygen atoms in total. The zero-order valence-electron chi connectivity index (χ0n) is 19.0. The highest BCUT2D eigenvalue weighted by Gasteiger charge is 2.30. The number of halogens is 4. The minimum atomic E-state index is -4.54. The molecule has 0 radical (unpaired) electrons. The van der Waals surface area contributed by atoms with Gasteiger partial charge in [-0.2, -0.15) is 13.2 Å². The topological polar surface area (TPSA) is 97.6 Å². The molecule has 35 heavy (non-hydrogen) atoms. The SMILES string of the molecule is COc1cc2c(CC(=O)NCC(C)C(=O)O)c(C)n(C(=O)c3ccc(C(F)(F)F)cc3)c2cc1Cl. The van der Waals surface area contributed by atoms with Crippen LogP contribution < -0.4 is 10.1 Å². The van der Waals surface area contributed by atoms with Crippen LogP contribution in [0.3, 0.4) is 0 Å². The lowest BCUT2D eigenvalue weighted by Gasteiger charge is -2.11. The summed E-state index contributed by atoms with van der Waals surface area (Å²) in [6.45, 7) is 2.98. The van der Waals surface area contributed by atoms with Crippen LogP contribution in [-0.2, 0) is 22.2 Å². The van der Waals surface area contributed by atoms with Crippen molar-refractivity contribution in [2.75, 3.05) is 13.7 Å². The fourth-order valence-electron chi connectivity index (χ4n) is 3.63. The zero-order chi connectivity index (χ0) is 26.1. The van der Waals surface area contributed by atoms with E-state index in [0.717, 1.165) is 24.3 Å². The van der Waals surface area contributed by atoms with Crippen molar-refractivity contribution in [1.29, 1.82) is 0 Å². The number of alkyl halides is 3. The molecule has 186 valence electrons. The molecule has 0 bridgehead atoms. The van der Waals surface area contributed by atoms with Gasteiger partial charge in [-0.25, -0.2) is 0 Å². The number of amides is 1. The molecule has 0 aliphatic rings. The molecule has 0 aliphatic heterocycles. The van der Waals surface area contributed by atoms with Gasteiger partial charge in [0.2, 0.25) is 5.91 Å². The summed E-state index contributed by atoms with van der Waals surface area (Å²) in [4.78, 5) is 36.9. The van der Waals surface area contributed by atoms with E-state index in [1.807, 2.05) is 0 Å². The highest BCUT2D eigenvalue weighted by molar-refractivity contribution is 6.33. The Morgan fingerprint density at radius 3 is 2.34 bits per heavy atom. The third-order valence-corrected chi connectivity index (χ3v) is 5.93. The van der Waals surface area contributed by atoms with Gasteiger partial charge in [-0.15, -0.1) is 0 Å². The average molecular weight is 511 g/mol. The Kier molecular flexibility index (Phi) is 7.44. The number of benzene rings is 2. The Labute approximate surface area is 203 Å². The van der Waals surface area contributed by atoms with E-state index in [2.05, 4.69) is 5.32 Å². The number of fused-ring (bicyclic) bond motifs is 1. The van der Waals surface area contributed by atoms with E-state index in [4.69, 9.17) is 21.4 Å². The Morgan fingerprint density at radius 2 is 1.80 bits per heavy atom. The van der Waals surface area contributed by atoms with Crippen molar-refractivity contribution < 1.29 is 37.4 Å². The average Bonchev–Trinajstić information content (AvgIpc) is 3.05. The number of hydrogen-bond acceptors (Lipinski definition) is 4. The lowest BCUT2D eigenvalue weighted by molar-refractivity contribution is -0.141. The molecular formula is C24H22ClF3N2O5. The Hall–Kier alpha value is -3.53. The molecule has 1 heterocycles. The lowest BCUT2D eigenvalue weighted by atomic mass is 10.1. The monoisotopic (exact) mass is 510 g/mol. The minimum Gasteiger partial charge on any atom is -0.495 e. The third-order valence-electron chi connectivity index (χ3n) is 5.63. The number of carbonyl (C=O) groups is 3. The molecule has 0 aliphatic carbocycles. The van der Waals surface area contributed by atoms with Gasteiger partial charge in [0.1, 0.15) is 5.75 Å².